The summed E-state index contributed by atoms with van der Waals surface area (Å²) in [7, 11) is -1.90. The SMILES string of the molecule is C=C[C@H](C)[C@@H](O)C[C@H](O[Si](C)(C)C(C)(C)C)c1ccccc1. The van der Waals surface area contributed by atoms with Crippen molar-refractivity contribution >= 4 is 8.32 Å². The zero-order valence-corrected chi connectivity index (χ0v) is 16.0. The molecule has 2 nitrogen and oxygen atoms in total. The van der Waals surface area contributed by atoms with Crippen molar-refractivity contribution in [1.82, 2.24) is 0 Å². The van der Waals surface area contributed by atoms with Crippen LogP contribution in [0.5, 0.6) is 0 Å². The first-order valence-corrected chi connectivity index (χ1v) is 11.0. The summed E-state index contributed by atoms with van der Waals surface area (Å²) in [5.41, 5.74) is 1.14. The molecule has 0 saturated heterocycles. The molecule has 3 heteroatoms. The van der Waals surface area contributed by atoms with Crippen LogP contribution in [0.1, 0.15) is 45.8 Å². The standard InChI is InChI=1S/C19H32O2Si/c1-8-15(2)17(20)14-18(16-12-10-9-11-13-16)21-22(6,7)19(3,4)5/h8-13,15,17-18,20H,1,14H2,2-7H3/t15-,17-,18-/m0/s1. The van der Waals surface area contributed by atoms with Gasteiger partial charge in [-0.3, -0.25) is 0 Å². The Bertz CT molecular complexity index is 462. The predicted octanol–water partition coefficient (Wildman–Crippen LogP) is 5.32. The van der Waals surface area contributed by atoms with Gasteiger partial charge in [-0.15, -0.1) is 6.58 Å². The van der Waals surface area contributed by atoms with Gasteiger partial charge >= 0.3 is 0 Å². The van der Waals surface area contributed by atoms with Crippen molar-refractivity contribution in [3.63, 3.8) is 0 Å². The summed E-state index contributed by atoms with van der Waals surface area (Å²) in [6.07, 6.45) is 1.90. The predicted molar refractivity (Wildman–Crippen MR) is 97.4 cm³/mol. The summed E-state index contributed by atoms with van der Waals surface area (Å²) in [4.78, 5) is 0. The van der Waals surface area contributed by atoms with Crippen LogP contribution in [0.15, 0.2) is 43.0 Å². The van der Waals surface area contributed by atoms with Crippen LogP contribution in [-0.4, -0.2) is 19.5 Å². The van der Waals surface area contributed by atoms with Crippen LogP contribution < -0.4 is 0 Å². The van der Waals surface area contributed by atoms with Crippen molar-refractivity contribution in [2.24, 2.45) is 5.92 Å². The van der Waals surface area contributed by atoms with Crippen molar-refractivity contribution in [1.29, 1.82) is 0 Å². The van der Waals surface area contributed by atoms with Gasteiger partial charge in [0, 0.05) is 6.42 Å². The second-order valence-electron chi connectivity index (χ2n) is 7.68. The van der Waals surface area contributed by atoms with Crippen molar-refractivity contribution in [2.45, 2.75) is 64.5 Å². The molecule has 0 aliphatic heterocycles. The lowest BCUT2D eigenvalue weighted by atomic mass is 9.96. The summed E-state index contributed by atoms with van der Waals surface area (Å²) in [6, 6.07) is 10.2. The molecule has 0 spiro atoms. The number of benzene rings is 1. The molecule has 0 amide bonds. The average Bonchev–Trinajstić information content (AvgIpc) is 2.45. The Morgan fingerprint density at radius 1 is 1.23 bits per heavy atom. The van der Waals surface area contributed by atoms with Gasteiger partial charge in [0.25, 0.3) is 0 Å². The Kier molecular flexibility index (Phi) is 6.60. The van der Waals surface area contributed by atoms with E-state index in [1.807, 2.05) is 25.1 Å². The minimum Gasteiger partial charge on any atom is -0.410 e. The van der Waals surface area contributed by atoms with Gasteiger partial charge in [-0.05, 0) is 29.6 Å². The molecule has 0 radical (unpaired) electrons. The summed E-state index contributed by atoms with van der Waals surface area (Å²) in [5, 5.41) is 10.6. The molecule has 1 rings (SSSR count). The van der Waals surface area contributed by atoms with E-state index in [2.05, 4.69) is 52.6 Å². The van der Waals surface area contributed by atoms with Gasteiger partial charge in [-0.25, -0.2) is 0 Å². The molecular formula is C19H32O2Si. The number of rotatable bonds is 7. The van der Waals surface area contributed by atoms with Crippen LogP contribution >= 0.6 is 0 Å². The van der Waals surface area contributed by atoms with Gasteiger partial charge < -0.3 is 9.53 Å². The van der Waals surface area contributed by atoms with Crippen LogP contribution in [-0.2, 0) is 4.43 Å². The first-order chi connectivity index (χ1) is 10.1. The largest absolute Gasteiger partial charge is 0.410 e. The Labute approximate surface area is 137 Å². The van der Waals surface area contributed by atoms with Crippen LogP contribution in [0.2, 0.25) is 18.1 Å². The normalized spacial score (nSPS) is 16.9. The van der Waals surface area contributed by atoms with E-state index in [-0.39, 0.29) is 17.1 Å². The number of aliphatic hydroxyl groups is 1. The van der Waals surface area contributed by atoms with Gasteiger partial charge in [0.05, 0.1) is 12.2 Å². The molecule has 0 fully saturated rings. The lowest BCUT2D eigenvalue weighted by Crippen LogP contribution is -2.42. The molecule has 0 saturated carbocycles. The van der Waals surface area contributed by atoms with E-state index in [4.69, 9.17) is 4.43 Å². The Morgan fingerprint density at radius 3 is 2.23 bits per heavy atom. The summed E-state index contributed by atoms with van der Waals surface area (Å²) < 4.78 is 6.60. The van der Waals surface area contributed by atoms with Crippen molar-refractivity contribution in [2.75, 3.05) is 0 Å². The topological polar surface area (TPSA) is 29.5 Å². The molecule has 3 atom stereocenters. The summed E-state index contributed by atoms with van der Waals surface area (Å²) in [6.45, 7) is 17.0. The molecule has 0 aliphatic rings. The van der Waals surface area contributed by atoms with E-state index in [1.54, 1.807) is 6.08 Å². The Balaban J connectivity index is 3.00. The molecule has 22 heavy (non-hydrogen) atoms. The quantitative estimate of drug-likeness (QED) is 0.544. The zero-order chi connectivity index (χ0) is 17.0. The molecule has 0 bridgehead atoms. The lowest BCUT2D eigenvalue weighted by molar-refractivity contribution is 0.0653. The molecule has 0 aliphatic carbocycles. The fourth-order valence-corrected chi connectivity index (χ4v) is 3.34. The van der Waals surface area contributed by atoms with E-state index in [1.165, 1.54) is 0 Å². The Hall–Kier alpha value is -0.903. The third-order valence-electron chi connectivity index (χ3n) is 4.85. The summed E-state index contributed by atoms with van der Waals surface area (Å²) >= 11 is 0. The smallest absolute Gasteiger partial charge is 0.192 e. The minimum absolute atomic E-state index is 0.0641. The molecular weight excluding hydrogens is 288 g/mol. The molecule has 124 valence electrons. The Morgan fingerprint density at radius 2 is 1.77 bits per heavy atom. The van der Waals surface area contributed by atoms with Gasteiger partial charge in [-0.2, -0.15) is 0 Å². The fraction of sp³-hybridized carbons (Fsp3) is 0.579. The molecule has 0 heterocycles. The highest BCUT2D eigenvalue weighted by atomic mass is 28.4. The molecule has 0 unspecified atom stereocenters. The first-order valence-electron chi connectivity index (χ1n) is 8.12. The second kappa shape index (κ2) is 7.58. The van der Waals surface area contributed by atoms with Crippen molar-refractivity contribution in [3.8, 4) is 0 Å². The zero-order valence-electron chi connectivity index (χ0n) is 15.0. The highest BCUT2D eigenvalue weighted by Crippen LogP contribution is 2.41. The maximum Gasteiger partial charge on any atom is 0.192 e. The van der Waals surface area contributed by atoms with E-state index >= 15 is 0 Å². The van der Waals surface area contributed by atoms with Gasteiger partial charge in [0.2, 0.25) is 0 Å². The lowest BCUT2D eigenvalue weighted by Gasteiger charge is -2.40. The highest BCUT2D eigenvalue weighted by molar-refractivity contribution is 6.74. The van der Waals surface area contributed by atoms with Crippen LogP contribution in [0.4, 0.5) is 0 Å². The van der Waals surface area contributed by atoms with Crippen LogP contribution in [0.3, 0.4) is 0 Å². The maximum absolute atomic E-state index is 10.4. The summed E-state index contributed by atoms with van der Waals surface area (Å²) in [5.74, 6) is 0.0641. The number of hydrogen-bond acceptors (Lipinski definition) is 2. The van der Waals surface area contributed by atoms with Gasteiger partial charge in [0.15, 0.2) is 8.32 Å². The number of hydrogen-bond donors (Lipinski definition) is 1. The van der Waals surface area contributed by atoms with Crippen molar-refractivity contribution in [3.05, 3.63) is 48.6 Å². The minimum atomic E-state index is -1.90. The van der Waals surface area contributed by atoms with E-state index in [0.29, 0.717) is 6.42 Å². The highest BCUT2D eigenvalue weighted by Gasteiger charge is 2.39. The van der Waals surface area contributed by atoms with Gasteiger partial charge in [0.1, 0.15) is 0 Å². The van der Waals surface area contributed by atoms with E-state index in [9.17, 15) is 5.11 Å². The van der Waals surface area contributed by atoms with E-state index in [0.717, 1.165) is 5.56 Å². The third-order valence-corrected chi connectivity index (χ3v) is 9.33. The second-order valence-corrected chi connectivity index (χ2v) is 12.4. The average molecular weight is 321 g/mol. The van der Waals surface area contributed by atoms with Gasteiger partial charge in [-0.1, -0.05) is 64.1 Å². The first kappa shape index (κ1) is 19.1. The fourth-order valence-electron chi connectivity index (χ4n) is 2.04. The molecule has 1 aromatic carbocycles. The van der Waals surface area contributed by atoms with Crippen LogP contribution in [0.25, 0.3) is 0 Å². The molecule has 1 N–H and O–H groups in total. The molecule has 0 aromatic heterocycles. The van der Waals surface area contributed by atoms with E-state index < -0.39 is 14.4 Å². The molecule has 1 aromatic rings. The van der Waals surface area contributed by atoms with Crippen molar-refractivity contribution < 1.29 is 9.53 Å². The van der Waals surface area contributed by atoms with Crippen LogP contribution in [0, 0.1) is 5.92 Å². The monoisotopic (exact) mass is 320 g/mol. The maximum atomic E-state index is 10.4. The number of aliphatic hydroxyl groups excluding tert-OH is 1. The third kappa shape index (κ3) is 5.08.